The van der Waals surface area contributed by atoms with Crippen molar-refractivity contribution in [1.29, 1.82) is 0 Å². The van der Waals surface area contributed by atoms with Gasteiger partial charge in [-0.05, 0) is 65.5 Å². The Balaban J connectivity index is 2.18. The minimum absolute atomic E-state index is 0.00203. The van der Waals surface area contributed by atoms with Crippen LogP contribution in [0.3, 0.4) is 0 Å². The number of H-pyrrole nitrogens is 1. The minimum Gasteiger partial charge on any atom is -0.287 e. The summed E-state index contributed by atoms with van der Waals surface area (Å²) in [5, 5.41) is 7.45. The molecular weight excluding hydrogens is 315 g/mol. The predicted octanol–water partition coefficient (Wildman–Crippen LogP) is 2.48. The van der Waals surface area contributed by atoms with Gasteiger partial charge in [0.15, 0.2) is 0 Å². The van der Waals surface area contributed by atoms with E-state index in [9.17, 15) is 4.79 Å². The van der Waals surface area contributed by atoms with Crippen molar-refractivity contribution in [2.75, 3.05) is 0 Å². The van der Waals surface area contributed by atoms with Gasteiger partial charge in [-0.25, -0.2) is 0 Å². The third-order valence-electron chi connectivity index (χ3n) is 3.02. The van der Waals surface area contributed by atoms with Gasteiger partial charge in [-0.2, -0.15) is 5.10 Å². The van der Waals surface area contributed by atoms with Crippen LogP contribution in [0, 0.1) is 9.49 Å². The second-order valence-electron chi connectivity index (χ2n) is 4.37. The number of aromatic nitrogens is 2. The van der Waals surface area contributed by atoms with Gasteiger partial charge in [0, 0.05) is 8.96 Å². The molecule has 1 aliphatic carbocycles. The monoisotopic (exact) mass is 326 g/mol. The number of hydrogen-bond acceptors (Lipinski definition) is 2. The summed E-state index contributed by atoms with van der Waals surface area (Å²) in [6.07, 6.45) is 5.12. The predicted molar refractivity (Wildman–Crippen MR) is 71.5 cm³/mol. The zero-order valence-electron chi connectivity index (χ0n) is 8.66. The van der Waals surface area contributed by atoms with Crippen molar-refractivity contribution in [1.82, 2.24) is 10.2 Å². The van der Waals surface area contributed by atoms with E-state index >= 15 is 0 Å². The van der Waals surface area contributed by atoms with E-state index in [1.54, 1.807) is 0 Å². The van der Waals surface area contributed by atoms with E-state index in [0.717, 1.165) is 23.2 Å². The molecule has 0 spiro atoms. The number of benzene rings is 1. The van der Waals surface area contributed by atoms with E-state index in [0.29, 0.717) is 0 Å². The molecule has 1 N–H and O–H groups in total. The number of fused-ring (bicyclic) bond motifs is 1. The summed E-state index contributed by atoms with van der Waals surface area (Å²) >= 11 is 2.33. The lowest BCUT2D eigenvalue weighted by Crippen LogP contribution is -2.05. The summed E-state index contributed by atoms with van der Waals surface area (Å²) < 4.78 is 1.22. The van der Waals surface area contributed by atoms with Crippen LogP contribution in [0.15, 0.2) is 23.1 Å². The fraction of sp³-hybridized carbons (Fsp3) is 0.333. The maximum atomic E-state index is 11.7. The summed E-state index contributed by atoms with van der Waals surface area (Å²) in [5.74, 6) is 0.840. The Hall–Kier alpha value is -0.910. The van der Waals surface area contributed by atoms with E-state index in [2.05, 4.69) is 32.8 Å². The van der Waals surface area contributed by atoms with Crippen molar-refractivity contribution < 1.29 is 0 Å². The lowest BCUT2D eigenvalue weighted by atomic mass is 10.1. The Bertz CT molecular complexity index is 601. The highest BCUT2D eigenvalue weighted by Crippen LogP contribution is 2.34. The molecule has 0 radical (unpaired) electrons. The van der Waals surface area contributed by atoms with Crippen LogP contribution >= 0.6 is 22.6 Å². The standard InChI is InChI=1S/C12H11IN2O/c13-10-5-11-9(12(16)6-14-15-11)4-8(10)3-7-1-2-7/h4-7H,1-3H2,(H,15,16). The average molecular weight is 326 g/mol. The SMILES string of the molecule is O=c1cn[nH]c2cc(I)c(CC3CC3)cc12. The minimum atomic E-state index is 0.00203. The second-order valence-corrected chi connectivity index (χ2v) is 5.53. The molecule has 0 unspecified atom stereocenters. The normalized spacial score (nSPS) is 15.6. The van der Waals surface area contributed by atoms with Crippen LogP contribution in [0.25, 0.3) is 10.9 Å². The van der Waals surface area contributed by atoms with Crippen molar-refractivity contribution in [3.63, 3.8) is 0 Å². The molecule has 3 nitrogen and oxygen atoms in total. The van der Waals surface area contributed by atoms with Crippen LogP contribution in [0.1, 0.15) is 18.4 Å². The second kappa shape index (κ2) is 3.84. The number of aromatic amines is 1. The fourth-order valence-electron chi connectivity index (χ4n) is 1.93. The Morgan fingerprint density at radius 1 is 1.44 bits per heavy atom. The Labute approximate surface area is 106 Å². The summed E-state index contributed by atoms with van der Waals surface area (Å²) in [6.45, 7) is 0. The first-order chi connectivity index (χ1) is 7.74. The molecule has 1 fully saturated rings. The fourth-order valence-corrected chi connectivity index (χ4v) is 2.62. The maximum Gasteiger partial charge on any atom is 0.207 e. The van der Waals surface area contributed by atoms with Gasteiger partial charge in [-0.3, -0.25) is 9.89 Å². The van der Waals surface area contributed by atoms with E-state index in [-0.39, 0.29) is 5.43 Å². The third-order valence-corrected chi connectivity index (χ3v) is 4.03. The molecule has 0 atom stereocenters. The highest BCUT2D eigenvalue weighted by atomic mass is 127. The molecule has 1 aromatic heterocycles. The quantitative estimate of drug-likeness (QED) is 0.862. The zero-order chi connectivity index (χ0) is 11.1. The number of nitrogens with zero attached hydrogens (tertiary/aromatic N) is 1. The van der Waals surface area contributed by atoms with Crippen molar-refractivity contribution >= 4 is 33.5 Å². The topological polar surface area (TPSA) is 45.8 Å². The van der Waals surface area contributed by atoms with Crippen LogP contribution in [0.2, 0.25) is 0 Å². The molecule has 0 saturated heterocycles. The van der Waals surface area contributed by atoms with E-state index in [1.165, 1.54) is 28.2 Å². The average Bonchev–Trinajstić information content (AvgIpc) is 3.04. The molecule has 16 heavy (non-hydrogen) atoms. The zero-order valence-corrected chi connectivity index (χ0v) is 10.8. The molecule has 0 amide bonds. The van der Waals surface area contributed by atoms with Gasteiger partial charge in [-0.15, -0.1) is 0 Å². The van der Waals surface area contributed by atoms with Crippen molar-refractivity contribution in [3.05, 3.63) is 37.7 Å². The highest BCUT2D eigenvalue weighted by Gasteiger charge is 2.22. The largest absolute Gasteiger partial charge is 0.287 e. The summed E-state index contributed by atoms with van der Waals surface area (Å²) in [4.78, 5) is 11.7. The van der Waals surface area contributed by atoms with Gasteiger partial charge < -0.3 is 0 Å². The van der Waals surface area contributed by atoms with Gasteiger partial charge in [0.2, 0.25) is 5.43 Å². The first kappa shape index (κ1) is 10.3. The van der Waals surface area contributed by atoms with Crippen molar-refractivity contribution in [2.45, 2.75) is 19.3 Å². The molecule has 1 heterocycles. The van der Waals surface area contributed by atoms with Gasteiger partial charge in [0.1, 0.15) is 0 Å². The number of rotatable bonds is 2. The van der Waals surface area contributed by atoms with Crippen LogP contribution in [-0.2, 0) is 6.42 Å². The smallest absolute Gasteiger partial charge is 0.207 e. The van der Waals surface area contributed by atoms with Crippen molar-refractivity contribution in [2.24, 2.45) is 5.92 Å². The van der Waals surface area contributed by atoms with Crippen molar-refractivity contribution in [3.8, 4) is 0 Å². The molecule has 1 aliphatic rings. The lowest BCUT2D eigenvalue weighted by molar-refractivity contribution is 0.829. The van der Waals surface area contributed by atoms with Gasteiger partial charge in [0.05, 0.1) is 11.7 Å². The first-order valence-corrected chi connectivity index (χ1v) is 6.48. The van der Waals surface area contributed by atoms with Crippen LogP contribution in [-0.4, -0.2) is 10.2 Å². The van der Waals surface area contributed by atoms with E-state index in [1.807, 2.05) is 12.1 Å². The molecule has 0 aliphatic heterocycles. The van der Waals surface area contributed by atoms with Crippen LogP contribution < -0.4 is 5.43 Å². The maximum absolute atomic E-state index is 11.7. The molecule has 82 valence electrons. The Morgan fingerprint density at radius 3 is 3.00 bits per heavy atom. The van der Waals surface area contributed by atoms with Crippen LogP contribution in [0.5, 0.6) is 0 Å². The third kappa shape index (κ3) is 1.86. The summed E-state index contributed by atoms with van der Waals surface area (Å²) in [5.41, 5.74) is 2.13. The molecule has 1 saturated carbocycles. The van der Waals surface area contributed by atoms with Gasteiger partial charge in [0.25, 0.3) is 0 Å². The molecule has 4 heteroatoms. The van der Waals surface area contributed by atoms with Gasteiger partial charge in [-0.1, -0.05) is 0 Å². The van der Waals surface area contributed by atoms with Crippen LogP contribution in [0.4, 0.5) is 0 Å². The lowest BCUT2D eigenvalue weighted by Gasteiger charge is -2.05. The molecule has 2 aromatic rings. The molecule has 1 aromatic carbocycles. The Morgan fingerprint density at radius 2 is 2.25 bits per heavy atom. The van der Waals surface area contributed by atoms with Gasteiger partial charge >= 0.3 is 0 Å². The molecular formula is C12H11IN2O. The van der Waals surface area contributed by atoms with E-state index in [4.69, 9.17) is 0 Å². The summed E-state index contributed by atoms with van der Waals surface area (Å²) in [6, 6.07) is 4.04. The summed E-state index contributed by atoms with van der Waals surface area (Å²) in [7, 11) is 0. The number of hydrogen-bond donors (Lipinski definition) is 1. The Kier molecular flexibility index (Phi) is 2.46. The highest BCUT2D eigenvalue weighted by molar-refractivity contribution is 14.1. The molecule has 3 rings (SSSR count). The molecule has 0 bridgehead atoms. The van der Waals surface area contributed by atoms with E-state index < -0.39 is 0 Å². The number of halogens is 1. The first-order valence-electron chi connectivity index (χ1n) is 5.40. The number of nitrogens with one attached hydrogen (secondary N) is 1.